The van der Waals surface area contributed by atoms with Crippen molar-refractivity contribution in [2.45, 2.75) is 50.0 Å². The summed E-state index contributed by atoms with van der Waals surface area (Å²) in [6.45, 7) is 0. The van der Waals surface area contributed by atoms with Gasteiger partial charge < -0.3 is 10.3 Å². The first-order chi connectivity index (χ1) is 9.79. The zero-order valence-electron chi connectivity index (χ0n) is 11.6. The van der Waals surface area contributed by atoms with Crippen LogP contribution in [0.5, 0.6) is 0 Å². The molecule has 0 spiro atoms. The van der Waals surface area contributed by atoms with Crippen LogP contribution in [0.4, 0.5) is 0 Å². The summed E-state index contributed by atoms with van der Waals surface area (Å²) in [6, 6.07) is 8.67. The Hall–Kier alpha value is -1.77. The van der Waals surface area contributed by atoms with Crippen molar-refractivity contribution in [2.75, 3.05) is 0 Å². The van der Waals surface area contributed by atoms with Gasteiger partial charge in [-0.2, -0.15) is 0 Å². The zero-order chi connectivity index (χ0) is 13.6. The predicted octanol–water partition coefficient (Wildman–Crippen LogP) is 3.26. The van der Waals surface area contributed by atoms with Gasteiger partial charge in [0.15, 0.2) is 0 Å². The van der Waals surface area contributed by atoms with Gasteiger partial charge in [-0.1, -0.05) is 31.0 Å². The second-order valence-corrected chi connectivity index (χ2v) is 6.28. The molecule has 0 bridgehead atoms. The quantitative estimate of drug-likeness (QED) is 0.881. The molecule has 20 heavy (non-hydrogen) atoms. The molecule has 0 unspecified atom stereocenters. The lowest BCUT2D eigenvalue weighted by Gasteiger charge is -2.18. The third kappa shape index (κ3) is 1.76. The highest BCUT2D eigenvalue weighted by Gasteiger charge is 2.52. The molecule has 0 aliphatic heterocycles. The van der Waals surface area contributed by atoms with Crippen LogP contribution in [0.3, 0.4) is 0 Å². The first-order valence-electron chi connectivity index (χ1n) is 7.67. The molecular weight excluding hydrogens is 248 g/mol. The number of benzene rings is 1. The number of carbonyl (C=O) groups is 1. The van der Waals surface area contributed by atoms with Crippen LogP contribution < -0.4 is 5.32 Å². The molecule has 3 nitrogen and oxygen atoms in total. The second kappa shape index (κ2) is 4.37. The molecule has 2 aliphatic carbocycles. The minimum Gasteiger partial charge on any atom is -0.361 e. The normalized spacial score (nSPS) is 21.2. The molecule has 2 aromatic rings. The number of hydrogen-bond acceptors (Lipinski definition) is 1. The molecule has 2 aliphatic rings. The van der Waals surface area contributed by atoms with E-state index in [0.717, 1.165) is 31.2 Å². The highest BCUT2D eigenvalue weighted by atomic mass is 16.2. The van der Waals surface area contributed by atoms with E-state index in [1.165, 1.54) is 23.8 Å². The number of hydrogen-bond donors (Lipinski definition) is 2. The summed E-state index contributed by atoms with van der Waals surface area (Å²) in [7, 11) is 0. The van der Waals surface area contributed by atoms with Crippen LogP contribution >= 0.6 is 0 Å². The SMILES string of the molecule is O=C(NC1CCCC1)C1(c2c[nH]c3ccccc23)CC1. The third-order valence-corrected chi connectivity index (χ3v) is 4.98. The fourth-order valence-corrected chi connectivity index (χ4v) is 3.60. The van der Waals surface area contributed by atoms with Crippen molar-refractivity contribution in [3.63, 3.8) is 0 Å². The largest absolute Gasteiger partial charge is 0.361 e. The molecule has 4 rings (SSSR count). The maximum absolute atomic E-state index is 12.7. The fraction of sp³-hybridized carbons (Fsp3) is 0.471. The van der Waals surface area contributed by atoms with Gasteiger partial charge in [0.05, 0.1) is 5.41 Å². The number of para-hydroxylation sites is 1. The van der Waals surface area contributed by atoms with E-state index in [1.807, 2.05) is 18.3 Å². The third-order valence-electron chi connectivity index (χ3n) is 4.98. The maximum atomic E-state index is 12.7. The van der Waals surface area contributed by atoms with Crippen molar-refractivity contribution in [2.24, 2.45) is 0 Å². The highest BCUT2D eigenvalue weighted by Crippen LogP contribution is 2.50. The summed E-state index contributed by atoms with van der Waals surface area (Å²) in [4.78, 5) is 16.0. The minimum absolute atomic E-state index is 0.245. The summed E-state index contributed by atoms with van der Waals surface area (Å²) >= 11 is 0. The number of rotatable bonds is 3. The van der Waals surface area contributed by atoms with Crippen molar-refractivity contribution < 1.29 is 4.79 Å². The van der Waals surface area contributed by atoms with Crippen LogP contribution in [-0.2, 0) is 10.2 Å². The lowest BCUT2D eigenvalue weighted by Crippen LogP contribution is -2.40. The van der Waals surface area contributed by atoms with Crippen LogP contribution in [0.25, 0.3) is 10.9 Å². The summed E-state index contributed by atoms with van der Waals surface area (Å²) in [5, 5.41) is 4.48. The average molecular weight is 268 g/mol. The van der Waals surface area contributed by atoms with Crippen LogP contribution in [-0.4, -0.2) is 16.9 Å². The lowest BCUT2D eigenvalue weighted by molar-refractivity contribution is -0.124. The van der Waals surface area contributed by atoms with Crippen molar-refractivity contribution in [1.29, 1.82) is 0 Å². The lowest BCUT2D eigenvalue weighted by atomic mass is 9.94. The Bertz CT molecular complexity index is 648. The van der Waals surface area contributed by atoms with E-state index in [2.05, 4.69) is 22.4 Å². The van der Waals surface area contributed by atoms with Crippen LogP contribution in [0.2, 0.25) is 0 Å². The zero-order valence-corrected chi connectivity index (χ0v) is 11.6. The maximum Gasteiger partial charge on any atom is 0.230 e. The molecule has 1 aromatic heterocycles. The Kier molecular flexibility index (Phi) is 2.62. The molecular formula is C17H20N2O. The van der Waals surface area contributed by atoms with Crippen molar-refractivity contribution in [3.05, 3.63) is 36.0 Å². The van der Waals surface area contributed by atoms with Crippen LogP contribution in [0, 0.1) is 0 Å². The van der Waals surface area contributed by atoms with Crippen LogP contribution in [0.1, 0.15) is 44.1 Å². The van der Waals surface area contributed by atoms with Gasteiger partial charge in [0.25, 0.3) is 0 Å². The standard InChI is InChI=1S/C17H20N2O/c20-16(19-12-5-1-2-6-12)17(9-10-17)14-11-18-15-8-4-3-7-13(14)15/h3-4,7-8,11-12,18H,1-2,5-6,9-10H2,(H,19,20). The number of nitrogens with one attached hydrogen (secondary N) is 2. The van der Waals surface area contributed by atoms with E-state index >= 15 is 0 Å². The smallest absolute Gasteiger partial charge is 0.230 e. The van der Waals surface area contributed by atoms with Gasteiger partial charge in [-0.05, 0) is 37.3 Å². The average Bonchev–Trinajstić information content (AvgIpc) is 2.93. The van der Waals surface area contributed by atoms with Gasteiger partial charge in [-0.15, -0.1) is 0 Å². The number of H-pyrrole nitrogens is 1. The predicted molar refractivity (Wildman–Crippen MR) is 79.6 cm³/mol. The van der Waals surface area contributed by atoms with E-state index in [-0.39, 0.29) is 11.3 Å². The highest BCUT2D eigenvalue weighted by molar-refractivity contribution is 5.97. The van der Waals surface area contributed by atoms with E-state index in [0.29, 0.717) is 6.04 Å². The van der Waals surface area contributed by atoms with Gasteiger partial charge in [0.2, 0.25) is 5.91 Å². The molecule has 1 amide bonds. The minimum atomic E-state index is -0.262. The Morgan fingerprint density at radius 1 is 1.20 bits per heavy atom. The van der Waals surface area contributed by atoms with Gasteiger partial charge in [-0.25, -0.2) is 0 Å². The van der Waals surface area contributed by atoms with E-state index < -0.39 is 0 Å². The number of aromatic nitrogens is 1. The number of fused-ring (bicyclic) bond motifs is 1. The number of aromatic amines is 1. The number of amides is 1. The monoisotopic (exact) mass is 268 g/mol. The molecule has 1 aromatic carbocycles. The summed E-state index contributed by atoms with van der Waals surface area (Å²) in [5.41, 5.74) is 2.05. The first-order valence-corrected chi connectivity index (χ1v) is 7.67. The summed E-state index contributed by atoms with van der Waals surface area (Å²) < 4.78 is 0. The van der Waals surface area contributed by atoms with Crippen LogP contribution in [0.15, 0.2) is 30.5 Å². The van der Waals surface area contributed by atoms with Crippen molar-refractivity contribution in [1.82, 2.24) is 10.3 Å². The van der Waals surface area contributed by atoms with E-state index in [1.54, 1.807) is 0 Å². The summed E-state index contributed by atoms with van der Waals surface area (Å²) in [5.74, 6) is 0.245. The molecule has 2 N–H and O–H groups in total. The first kappa shape index (κ1) is 12.0. The van der Waals surface area contributed by atoms with Gasteiger partial charge in [-0.3, -0.25) is 4.79 Å². The molecule has 1 heterocycles. The van der Waals surface area contributed by atoms with Crippen molar-refractivity contribution >= 4 is 16.8 Å². The molecule has 104 valence electrons. The molecule has 0 atom stereocenters. The molecule has 0 saturated heterocycles. The Balaban J connectivity index is 1.64. The molecule has 0 radical (unpaired) electrons. The molecule has 2 saturated carbocycles. The Labute approximate surface area is 118 Å². The topological polar surface area (TPSA) is 44.9 Å². The second-order valence-electron chi connectivity index (χ2n) is 6.28. The van der Waals surface area contributed by atoms with Gasteiger partial charge in [0, 0.05) is 23.1 Å². The van der Waals surface area contributed by atoms with E-state index in [9.17, 15) is 4.79 Å². The fourth-order valence-electron chi connectivity index (χ4n) is 3.60. The number of carbonyl (C=O) groups excluding carboxylic acids is 1. The van der Waals surface area contributed by atoms with E-state index in [4.69, 9.17) is 0 Å². The molecule has 3 heteroatoms. The van der Waals surface area contributed by atoms with Gasteiger partial charge >= 0.3 is 0 Å². The Morgan fingerprint density at radius 2 is 1.95 bits per heavy atom. The summed E-state index contributed by atoms with van der Waals surface area (Å²) in [6.07, 6.45) is 8.80. The molecule has 2 fully saturated rings. The van der Waals surface area contributed by atoms with Crippen molar-refractivity contribution in [3.8, 4) is 0 Å². The Morgan fingerprint density at radius 3 is 2.70 bits per heavy atom. The van der Waals surface area contributed by atoms with Gasteiger partial charge in [0.1, 0.15) is 0 Å².